The van der Waals surface area contributed by atoms with Crippen molar-refractivity contribution in [2.45, 2.75) is 40.0 Å². The van der Waals surface area contributed by atoms with E-state index in [1.165, 1.54) is 6.42 Å². The van der Waals surface area contributed by atoms with Crippen molar-refractivity contribution >= 4 is 5.97 Å². The van der Waals surface area contributed by atoms with Gasteiger partial charge >= 0.3 is 5.97 Å². The number of nitrogens with zero attached hydrogens (tertiary/aromatic N) is 1. The maximum Gasteiger partial charge on any atom is 0.307 e. The Labute approximate surface area is 92.5 Å². The first-order valence-electron chi connectivity index (χ1n) is 5.90. The second kappa shape index (κ2) is 4.97. The molecule has 3 heteroatoms. The summed E-state index contributed by atoms with van der Waals surface area (Å²) in [5.41, 5.74) is 0.390. The third-order valence-corrected chi connectivity index (χ3v) is 3.68. The highest BCUT2D eigenvalue weighted by atomic mass is 16.4. The van der Waals surface area contributed by atoms with Crippen LogP contribution < -0.4 is 0 Å². The Bertz CT molecular complexity index is 226. The molecule has 0 saturated carbocycles. The van der Waals surface area contributed by atoms with Gasteiger partial charge in [-0.05, 0) is 31.3 Å². The van der Waals surface area contributed by atoms with E-state index in [1.54, 1.807) is 0 Å². The number of carbonyl (C=O) groups is 1. The van der Waals surface area contributed by atoms with Gasteiger partial charge in [0.2, 0.25) is 0 Å². The van der Waals surface area contributed by atoms with Gasteiger partial charge in [-0.1, -0.05) is 27.2 Å². The van der Waals surface area contributed by atoms with Crippen molar-refractivity contribution in [3.63, 3.8) is 0 Å². The summed E-state index contributed by atoms with van der Waals surface area (Å²) in [6.07, 6.45) is 3.17. The fraction of sp³-hybridized carbons (Fsp3) is 0.917. The van der Waals surface area contributed by atoms with Gasteiger partial charge in [-0.15, -0.1) is 0 Å². The van der Waals surface area contributed by atoms with Crippen molar-refractivity contribution in [1.29, 1.82) is 0 Å². The number of hydrogen-bond acceptors (Lipinski definition) is 2. The summed E-state index contributed by atoms with van der Waals surface area (Å²) in [5.74, 6) is -0.762. The SMILES string of the molecule is CCC(C)(C)CCN1CCC(C(=O)O)C1. The molecule has 1 saturated heterocycles. The molecule has 88 valence electrons. The molecule has 1 aliphatic rings. The first kappa shape index (κ1) is 12.5. The first-order valence-corrected chi connectivity index (χ1v) is 5.90. The number of hydrogen-bond donors (Lipinski definition) is 1. The molecule has 1 unspecified atom stereocenters. The van der Waals surface area contributed by atoms with Gasteiger partial charge in [-0.2, -0.15) is 0 Å². The van der Waals surface area contributed by atoms with Crippen LogP contribution in [0.25, 0.3) is 0 Å². The van der Waals surface area contributed by atoms with Crippen LogP contribution in [0, 0.1) is 11.3 Å². The molecule has 0 bridgehead atoms. The minimum Gasteiger partial charge on any atom is -0.481 e. The van der Waals surface area contributed by atoms with Crippen molar-refractivity contribution < 1.29 is 9.90 Å². The average molecular weight is 213 g/mol. The predicted octanol–water partition coefficient (Wildman–Crippen LogP) is 2.22. The van der Waals surface area contributed by atoms with Crippen LogP contribution in [0.4, 0.5) is 0 Å². The van der Waals surface area contributed by atoms with Gasteiger partial charge < -0.3 is 10.0 Å². The third-order valence-electron chi connectivity index (χ3n) is 3.68. The van der Waals surface area contributed by atoms with Crippen molar-refractivity contribution in [2.75, 3.05) is 19.6 Å². The zero-order chi connectivity index (χ0) is 11.5. The van der Waals surface area contributed by atoms with Gasteiger partial charge in [0.05, 0.1) is 5.92 Å². The molecule has 1 atom stereocenters. The van der Waals surface area contributed by atoms with E-state index in [2.05, 4.69) is 25.7 Å². The molecule has 0 aromatic heterocycles. The van der Waals surface area contributed by atoms with Crippen LogP contribution in [0.1, 0.15) is 40.0 Å². The van der Waals surface area contributed by atoms with Crippen molar-refractivity contribution in [1.82, 2.24) is 4.90 Å². The van der Waals surface area contributed by atoms with Crippen LogP contribution in [0.15, 0.2) is 0 Å². The number of likely N-dealkylation sites (tertiary alicyclic amines) is 1. The monoisotopic (exact) mass is 213 g/mol. The minimum atomic E-state index is -0.632. The summed E-state index contributed by atoms with van der Waals surface area (Å²) in [5, 5.41) is 8.88. The van der Waals surface area contributed by atoms with Crippen LogP contribution in [0.5, 0.6) is 0 Å². The molecule has 1 aliphatic heterocycles. The second-order valence-electron chi connectivity index (χ2n) is 5.39. The van der Waals surface area contributed by atoms with Crippen LogP contribution in [-0.4, -0.2) is 35.6 Å². The highest BCUT2D eigenvalue weighted by molar-refractivity contribution is 5.70. The Morgan fingerprint density at radius 1 is 1.53 bits per heavy atom. The second-order valence-corrected chi connectivity index (χ2v) is 5.39. The number of rotatable bonds is 5. The molecule has 1 fully saturated rings. The van der Waals surface area contributed by atoms with E-state index in [-0.39, 0.29) is 5.92 Å². The highest BCUT2D eigenvalue weighted by Gasteiger charge is 2.28. The van der Waals surface area contributed by atoms with Crippen molar-refractivity contribution in [3.8, 4) is 0 Å². The van der Waals surface area contributed by atoms with Crippen LogP contribution in [0.3, 0.4) is 0 Å². The van der Waals surface area contributed by atoms with E-state index < -0.39 is 5.97 Å². The molecule has 3 nitrogen and oxygen atoms in total. The third kappa shape index (κ3) is 3.82. The average Bonchev–Trinajstić information content (AvgIpc) is 2.63. The Kier molecular flexibility index (Phi) is 4.14. The molecule has 0 aromatic carbocycles. The largest absolute Gasteiger partial charge is 0.481 e. The fourth-order valence-electron chi connectivity index (χ4n) is 1.87. The summed E-state index contributed by atoms with van der Waals surface area (Å²) in [7, 11) is 0. The van der Waals surface area contributed by atoms with E-state index >= 15 is 0 Å². The summed E-state index contributed by atoms with van der Waals surface area (Å²) < 4.78 is 0. The van der Waals surface area contributed by atoms with E-state index in [0.29, 0.717) is 5.41 Å². The zero-order valence-electron chi connectivity index (χ0n) is 10.1. The standard InChI is InChI=1S/C12H23NO2/c1-4-12(2,3)6-8-13-7-5-10(9-13)11(14)15/h10H,4-9H2,1-3H3,(H,14,15). The summed E-state index contributed by atoms with van der Waals surface area (Å²) in [6, 6.07) is 0. The lowest BCUT2D eigenvalue weighted by Crippen LogP contribution is -2.27. The van der Waals surface area contributed by atoms with E-state index in [9.17, 15) is 4.79 Å². The van der Waals surface area contributed by atoms with Crippen molar-refractivity contribution in [2.24, 2.45) is 11.3 Å². The molecule has 15 heavy (non-hydrogen) atoms. The van der Waals surface area contributed by atoms with Gasteiger partial charge in [0.15, 0.2) is 0 Å². The normalized spacial score (nSPS) is 23.3. The number of carboxylic acids is 1. The van der Waals surface area contributed by atoms with Gasteiger partial charge in [-0.25, -0.2) is 0 Å². The van der Waals surface area contributed by atoms with E-state index in [0.717, 1.165) is 32.5 Å². The highest BCUT2D eigenvalue weighted by Crippen LogP contribution is 2.26. The topological polar surface area (TPSA) is 40.5 Å². The molecular formula is C12H23NO2. The van der Waals surface area contributed by atoms with Gasteiger partial charge in [0.1, 0.15) is 0 Å². The lowest BCUT2D eigenvalue weighted by Gasteiger charge is -2.25. The van der Waals surface area contributed by atoms with Crippen molar-refractivity contribution in [3.05, 3.63) is 0 Å². The van der Waals surface area contributed by atoms with Crippen LogP contribution >= 0.6 is 0 Å². The zero-order valence-corrected chi connectivity index (χ0v) is 10.1. The van der Waals surface area contributed by atoms with Crippen LogP contribution in [0.2, 0.25) is 0 Å². The predicted molar refractivity (Wildman–Crippen MR) is 60.9 cm³/mol. The van der Waals surface area contributed by atoms with E-state index in [4.69, 9.17) is 5.11 Å². The van der Waals surface area contributed by atoms with Gasteiger partial charge in [0.25, 0.3) is 0 Å². The Balaban J connectivity index is 2.28. The first-order chi connectivity index (χ1) is 6.94. The minimum absolute atomic E-state index is 0.130. The quantitative estimate of drug-likeness (QED) is 0.761. The maximum absolute atomic E-state index is 10.8. The van der Waals surface area contributed by atoms with Gasteiger partial charge in [0, 0.05) is 6.54 Å². The summed E-state index contributed by atoms with van der Waals surface area (Å²) in [6.45, 7) is 9.51. The molecule has 0 spiro atoms. The molecule has 1 rings (SSSR count). The maximum atomic E-state index is 10.8. The summed E-state index contributed by atoms with van der Waals surface area (Å²) in [4.78, 5) is 13.1. The number of carboxylic acid groups (broad SMARTS) is 1. The molecule has 0 amide bonds. The smallest absolute Gasteiger partial charge is 0.307 e. The molecule has 0 radical (unpaired) electrons. The number of aliphatic carboxylic acids is 1. The summed E-state index contributed by atoms with van der Waals surface area (Å²) >= 11 is 0. The Hall–Kier alpha value is -0.570. The van der Waals surface area contributed by atoms with Gasteiger partial charge in [-0.3, -0.25) is 4.79 Å². The molecular weight excluding hydrogens is 190 g/mol. The lowest BCUT2D eigenvalue weighted by molar-refractivity contribution is -0.141. The molecule has 1 heterocycles. The molecule has 0 aromatic rings. The van der Waals surface area contributed by atoms with Crippen LogP contribution in [-0.2, 0) is 4.79 Å². The fourth-order valence-corrected chi connectivity index (χ4v) is 1.87. The lowest BCUT2D eigenvalue weighted by atomic mass is 9.86. The molecule has 1 N–H and O–H groups in total. The van der Waals surface area contributed by atoms with E-state index in [1.807, 2.05) is 0 Å². The molecule has 0 aliphatic carbocycles. The Morgan fingerprint density at radius 3 is 2.67 bits per heavy atom. The Morgan fingerprint density at radius 2 is 2.20 bits per heavy atom.